The summed E-state index contributed by atoms with van der Waals surface area (Å²) in [5, 5.41) is 12.6. The van der Waals surface area contributed by atoms with Crippen molar-refractivity contribution in [2.75, 3.05) is 13.1 Å². The van der Waals surface area contributed by atoms with E-state index in [1.165, 1.54) is 24.4 Å². The van der Waals surface area contributed by atoms with Gasteiger partial charge >= 0.3 is 6.03 Å². The summed E-state index contributed by atoms with van der Waals surface area (Å²) in [4.78, 5) is 29.6. The molecule has 2 aromatic heterocycles. The maximum atomic E-state index is 13.7. The molecule has 0 radical (unpaired) electrons. The molecule has 192 valence electrons. The van der Waals surface area contributed by atoms with E-state index in [9.17, 15) is 23.6 Å². The molecular weight excluding hydrogens is 512 g/mol. The van der Waals surface area contributed by atoms with Gasteiger partial charge in [-0.05, 0) is 53.1 Å². The number of hydrogen-bond acceptors (Lipinski definition) is 4. The lowest BCUT2D eigenvalue weighted by atomic mass is 10.0. The normalized spacial score (nSPS) is 13.5. The summed E-state index contributed by atoms with van der Waals surface area (Å²) in [6.45, 7) is 1.90. The van der Waals surface area contributed by atoms with Gasteiger partial charge in [-0.3, -0.25) is 14.3 Å². The van der Waals surface area contributed by atoms with Crippen LogP contribution in [0.4, 0.5) is 13.6 Å². The zero-order valence-electron chi connectivity index (χ0n) is 20.1. The number of aromatic amines is 1. The largest absolute Gasteiger partial charge is 0.333 e. The van der Waals surface area contributed by atoms with E-state index in [-0.39, 0.29) is 18.1 Å². The van der Waals surface area contributed by atoms with E-state index in [0.717, 1.165) is 16.6 Å². The smallest absolute Gasteiger partial charge is 0.326 e. The highest BCUT2D eigenvalue weighted by Gasteiger charge is 2.26. The third kappa shape index (κ3) is 5.09. The van der Waals surface area contributed by atoms with Crippen LogP contribution >= 0.6 is 11.6 Å². The first-order valence-corrected chi connectivity index (χ1v) is 12.3. The molecule has 0 atom stereocenters. The summed E-state index contributed by atoms with van der Waals surface area (Å²) in [6.07, 6.45) is 5.57. The maximum absolute atomic E-state index is 13.7. The predicted molar refractivity (Wildman–Crippen MR) is 141 cm³/mol. The van der Waals surface area contributed by atoms with Crippen LogP contribution in [-0.4, -0.2) is 33.6 Å². The van der Waals surface area contributed by atoms with E-state index in [4.69, 9.17) is 11.6 Å². The Morgan fingerprint density at radius 2 is 1.97 bits per heavy atom. The SMILES string of the molecule is N#Cc1ccc2c(c1)c1c(n2C(=O)NCc2cc[nH]c(=O)c2)CCN(C/C=C/c2cc(F)c(Cl)c(F)c2)C1. The van der Waals surface area contributed by atoms with Crippen molar-refractivity contribution in [2.24, 2.45) is 0 Å². The van der Waals surface area contributed by atoms with E-state index in [0.29, 0.717) is 48.3 Å². The molecule has 1 aliphatic rings. The number of nitriles is 1. The highest BCUT2D eigenvalue weighted by Crippen LogP contribution is 2.32. The number of fused-ring (bicyclic) bond motifs is 3. The first-order valence-electron chi connectivity index (χ1n) is 11.9. The minimum Gasteiger partial charge on any atom is -0.333 e. The fourth-order valence-corrected chi connectivity index (χ4v) is 4.85. The molecule has 3 heterocycles. The first kappa shape index (κ1) is 25.4. The summed E-state index contributed by atoms with van der Waals surface area (Å²) < 4.78 is 29.1. The molecule has 1 amide bonds. The lowest BCUT2D eigenvalue weighted by Gasteiger charge is -2.27. The number of hydrogen-bond donors (Lipinski definition) is 2. The number of benzene rings is 2. The van der Waals surface area contributed by atoms with Gasteiger partial charge in [0, 0.05) is 55.9 Å². The van der Waals surface area contributed by atoms with Crippen LogP contribution < -0.4 is 10.9 Å². The number of nitrogens with zero attached hydrogens (tertiary/aromatic N) is 3. The van der Waals surface area contributed by atoms with Gasteiger partial charge in [0.25, 0.3) is 0 Å². The van der Waals surface area contributed by atoms with Crippen molar-refractivity contribution >= 4 is 34.6 Å². The van der Waals surface area contributed by atoms with Crippen molar-refractivity contribution < 1.29 is 13.6 Å². The van der Waals surface area contributed by atoms with Crippen molar-refractivity contribution in [1.82, 2.24) is 19.8 Å². The second-order valence-corrected chi connectivity index (χ2v) is 9.39. The highest BCUT2D eigenvalue weighted by molar-refractivity contribution is 6.30. The molecule has 0 aliphatic carbocycles. The van der Waals surface area contributed by atoms with Crippen molar-refractivity contribution in [3.05, 3.63) is 110 Å². The molecule has 0 spiro atoms. The van der Waals surface area contributed by atoms with Crippen LogP contribution in [0.1, 0.15) is 27.9 Å². The second-order valence-electron chi connectivity index (χ2n) is 9.01. The average molecular weight is 534 g/mol. The lowest BCUT2D eigenvalue weighted by Crippen LogP contribution is -2.34. The van der Waals surface area contributed by atoms with Crippen LogP contribution in [0.2, 0.25) is 5.02 Å². The molecule has 7 nitrogen and oxygen atoms in total. The molecule has 2 N–H and O–H groups in total. The van der Waals surface area contributed by atoms with Crippen LogP contribution in [0, 0.1) is 23.0 Å². The van der Waals surface area contributed by atoms with Crippen molar-refractivity contribution in [1.29, 1.82) is 5.26 Å². The van der Waals surface area contributed by atoms with Gasteiger partial charge in [0.15, 0.2) is 0 Å². The standard InChI is InChI=1S/C28H22ClF2N5O2/c29-27-22(30)11-17(12-23(27)31)2-1-8-35-9-6-25-21(16-35)20-10-18(14-32)3-4-24(20)36(25)28(38)34-15-19-5-7-33-26(37)13-19/h1-5,7,10-13H,6,8-9,15-16H2,(H,33,37)(H,34,38)/b2-1+. The van der Waals surface area contributed by atoms with Crippen LogP contribution in [0.5, 0.6) is 0 Å². The van der Waals surface area contributed by atoms with Crippen LogP contribution in [-0.2, 0) is 19.5 Å². The Hall–Kier alpha value is -4.26. The van der Waals surface area contributed by atoms with E-state index in [1.54, 1.807) is 34.9 Å². The van der Waals surface area contributed by atoms with Crippen LogP contribution in [0.15, 0.2) is 59.5 Å². The number of halogens is 3. The Morgan fingerprint density at radius 3 is 2.71 bits per heavy atom. The predicted octanol–water partition coefficient (Wildman–Crippen LogP) is 4.96. The van der Waals surface area contributed by atoms with Gasteiger partial charge in [0.05, 0.1) is 17.1 Å². The minimum absolute atomic E-state index is 0.191. The zero-order chi connectivity index (χ0) is 26.8. The van der Waals surface area contributed by atoms with Crippen molar-refractivity contribution in [3.63, 3.8) is 0 Å². The Bertz CT molecular complexity index is 1660. The van der Waals surface area contributed by atoms with Crippen molar-refractivity contribution in [2.45, 2.75) is 19.5 Å². The Kier molecular flexibility index (Phi) is 7.09. The van der Waals surface area contributed by atoms with Crippen molar-refractivity contribution in [3.8, 4) is 6.07 Å². The van der Waals surface area contributed by atoms with Crippen LogP contribution in [0.3, 0.4) is 0 Å². The van der Waals surface area contributed by atoms with E-state index in [2.05, 4.69) is 21.3 Å². The molecule has 5 rings (SSSR count). The highest BCUT2D eigenvalue weighted by atomic mass is 35.5. The fourth-order valence-electron chi connectivity index (χ4n) is 4.74. The number of carbonyl (C=O) groups excluding carboxylic acids is 1. The van der Waals surface area contributed by atoms with E-state index >= 15 is 0 Å². The van der Waals surface area contributed by atoms with E-state index in [1.807, 2.05) is 6.08 Å². The molecule has 0 unspecified atom stereocenters. The second kappa shape index (κ2) is 10.6. The Morgan fingerprint density at radius 1 is 1.18 bits per heavy atom. The molecule has 4 aromatic rings. The third-order valence-corrected chi connectivity index (χ3v) is 6.88. The molecule has 0 fully saturated rings. The fraction of sp³-hybridized carbons (Fsp3) is 0.179. The van der Waals surface area contributed by atoms with Gasteiger partial charge in [0.2, 0.25) is 5.56 Å². The van der Waals surface area contributed by atoms with Gasteiger partial charge in [-0.1, -0.05) is 23.8 Å². The summed E-state index contributed by atoms with van der Waals surface area (Å²) in [5.74, 6) is -1.63. The number of pyridine rings is 1. The molecule has 38 heavy (non-hydrogen) atoms. The molecule has 0 saturated carbocycles. The summed E-state index contributed by atoms with van der Waals surface area (Å²) in [6, 6.07) is 12.6. The summed E-state index contributed by atoms with van der Waals surface area (Å²) in [7, 11) is 0. The quantitative estimate of drug-likeness (QED) is 0.354. The number of H-pyrrole nitrogens is 1. The van der Waals surface area contributed by atoms with Gasteiger partial charge in [-0.2, -0.15) is 5.26 Å². The zero-order valence-corrected chi connectivity index (χ0v) is 20.9. The topological polar surface area (TPSA) is 93.9 Å². The molecular formula is C28H22ClF2N5O2. The summed E-state index contributed by atoms with van der Waals surface area (Å²) >= 11 is 5.56. The lowest BCUT2D eigenvalue weighted by molar-refractivity contribution is 0.240. The molecule has 1 aliphatic heterocycles. The number of aromatic nitrogens is 2. The number of carbonyl (C=O) groups is 1. The summed E-state index contributed by atoms with van der Waals surface area (Å²) in [5.41, 5.74) is 3.80. The average Bonchev–Trinajstić information content (AvgIpc) is 3.23. The van der Waals surface area contributed by atoms with Gasteiger partial charge < -0.3 is 10.3 Å². The van der Waals surface area contributed by atoms with Gasteiger partial charge in [0.1, 0.15) is 16.7 Å². The van der Waals surface area contributed by atoms with E-state index < -0.39 is 16.7 Å². The number of rotatable bonds is 5. The Balaban J connectivity index is 1.39. The third-order valence-electron chi connectivity index (χ3n) is 6.52. The molecule has 0 saturated heterocycles. The minimum atomic E-state index is -0.813. The first-order chi connectivity index (χ1) is 18.3. The number of nitrogens with one attached hydrogen (secondary N) is 2. The monoisotopic (exact) mass is 533 g/mol. The number of amides is 1. The maximum Gasteiger partial charge on any atom is 0.326 e. The van der Waals surface area contributed by atoms with Gasteiger partial charge in [-0.15, -0.1) is 0 Å². The molecule has 10 heteroatoms. The Labute approximate surface area is 221 Å². The molecule has 2 aromatic carbocycles. The van der Waals surface area contributed by atoms with Gasteiger partial charge in [-0.25, -0.2) is 13.6 Å². The van der Waals surface area contributed by atoms with Crippen LogP contribution in [0.25, 0.3) is 17.0 Å². The molecule has 0 bridgehead atoms.